The quantitative estimate of drug-likeness (QED) is 0.898. The van der Waals surface area contributed by atoms with Crippen molar-refractivity contribution >= 4 is 27.5 Å². The minimum Gasteiger partial charge on any atom is -0.321 e. The van der Waals surface area contributed by atoms with Gasteiger partial charge in [0.1, 0.15) is 6.07 Å². The van der Waals surface area contributed by atoms with Crippen LogP contribution in [0.15, 0.2) is 40.9 Å². The van der Waals surface area contributed by atoms with Gasteiger partial charge in [0, 0.05) is 10.0 Å². The predicted molar refractivity (Wildman–Crippen MR) is 82.7 cm³/mol. The number of rotatable bonds is 2. The zero-order valence-corrected chi connectivity index (χ0v) is 12.8. The second kappa shape index (κ2) is 5.89. The molecule has 1 amide bonds. The molecule has 0 bridgehead atoms. The summed E-state index contributed by atoms with van der Waals surface area (Å²) in [4.78, 5) is 12.2. The van der Waals surface area contributed by atoms with Crippen molar-refractivity contribution in [2.75, 3.05) is 5.32 Å². The maximum Gasteiger partial charge on any atom is 0.255 e. The van der Waals surface area contributed by atoms with Crippen molar-refractivity contribution in [2.24, 2.45) is 0 Å². The first-order chi connectivity index (χ1) is 9.51. The van der Waals surface area contributed by atoms with E-state index in [2.05, 4.69) is 27.3 Å². The Balaban J connectivity index is 2.30. The number of halogens is 1. The maximum atomic E-state index is 12.2. The number of anilines is 1. The van der Waals surface area contributed by atoms with E-state index in [1.54, 1.807) is 24.3 Å². The van der Waals surface area contributed by atoms with Crippen molar-refractivity contribution in [2.45, 2.75) is 13.8 Å². The van der Waals surface area contributed by atoms with Gasteiger partial charge in [0.15, 0.2) is 0 Å². The second-order valence-corrected chi connectivity index (χ2v) is 5.47. The molecule has 0 atom stereocenters. The van der Waals surface area contributed by atoms with Crippen molar-refractivity contribution in [1.82, 2.24) is 0 Å². The van der Waals surface area contributed by atoms with Crippen LogP contribution in [0.4, 0.5) is 5.69 Å². The topological polar surface area (TPSA) is 52.9 Å². The summed E-state index contributed by atoms with van der Waals surface area (Å²) < 4.78 is 0.812. The van der Waals surface area contributed by atoms with E-state index in [9.17, 15) is 4.79 Å². The maximum absolute atomic E-state index is 12.2. The average Bonchev–Trinajstić information content (AvgIpc) is 2.42. The van der Waals surface area contributed by atoms with Gasteiger partial charge < -0.3 is 5.32 Å². The Morgan fingerprint density at radius 3 is 2.55 bits per heavy atom. The van der Waals surface area contributed by atoms with Gasteiger partial charge in [0.25, 0.3) is 5.91 Å². The smallest absolute Gasteiger partial charge is 0.255 e. The number of nitriles is 1. The lowest BCUT2D eigenvalue weighted by Crippen LogP contribution is -2.13. The molecule has 0 fully saturated rings. The van der Waals surface area contributed by atoms with Crippen LogP contribution in [0, 0.1) is 25.2 Å². The van der Waals surface area contributed by atoms with E-state index in [0.717, 1.165) is 15.6 Å². The monoisotopic (exact) mass is 328 g/mol. The van der Waals surface area contributed by atoms with E-state index in [1.165, 1.54) is 0 Å². The van der Waals surface area contributed by atoms with Gasteiger partial charge in [0.05, 0.1) is 11.3 Å². The van der Waals surface area contributed by atoms with Crippen LogP contribution in [0.25, 0.3) is 0 Å². The molecule has 1 N–H and O–H groups in total. The number of hydrogen-bond donors (Lipinski definition) is 1. The van der Waals surface area contributed by atoms with Gasteiger partial charge in [-0.15, -0.1) is 0 Å². The molecule has 100 valence electrons. The molecule has 3 nitrogen and oxygen atoms in total. The van der Waals surface area contributed by atoms with Crippen LogP contribution in [0.5, 0.6) is 0 Å². The van der Waals surface area contributed by atoms with Gasteiger partial charge >= 0.3 is 0 Å². The second-order valence-electron chi connectivity index (χ2n) is 4.55. The number of aryl methyl sites for hydroxylation is 2. The van der Waals surface area contributed by atoms with Crippen LogP contribution < -0.4 is 5.32 Å². The summed E-state index contributed by atoms with van der Waals surface area (Å²) in [5.74, 6) is -0.220. The van der Waals surface area contributed by atoms with E-state index in [4.69, 9.17) is 5.26 Å². The lowest BCUT2D eigenvalue weighted by atomic mass is 10.1. The first kappa shape index (κ1) is 14.3. The van der Waals surface area contributed by atoms with E-state index in [1.807, 2.05) is 26.0 Å². The molecule has 0 aliphatic carbocycles. The number of carbonyl (C=O) groups excluding carboxylic acids is 1. The molecule has 0 aliphatic rings. The highest BCUT2D eigenvalue weighted by Gasteiger charge is 2.10. The normalized spacial score (nSPS) is 9.90. The Labute approximate surface area is 126 Å². The summed E-state index contributed by atoms with van der Waals surface area (Å²) in [6, 6.07) is 12.8. The number of nitrogens with one attached hydrogen (secondary N) is 1. The third-order valence-corrected chi connectivity index (χ3v) is 3.61. The minimum atomic E-state index is -0.220. The fourth-order valence-corrected chi connectivity index (χ4v) is 2.16. The van der Waals surface area contributed by atoms with Gasteiger partial charge in [-0.1, -0.05) is 22.0 Å². The number of carbonyl (C=O) groups is 1. The number of benzene rings is 2. The highest BCUT2D eigenvalue weighted by molar-refractivity contribution is 9.10. The number of amides is 1. The van der Waals surface area contributed by atoms with Crippen molar-refractivity contribution in [3.63, 3.8) is 0 Å². The molecule has 2 aromatic carbocycles. The van der Waals surface area contributed by atoms with Crippen molar-refractivity contribution in [3.8, 4) is 6.07 Å². The zero-order valence-electron chi connectivity index (χ0n) is 11.2. The van der Waals surface area contributed by atoms with Crippen LogP contribution in [0.2, 0.25) is 0 Å². The summed E-state index contributed by atoms with van der Waals surface area (Å²) in [5.41, 5.74) is 3.72. The fourth-order valence-electron chi connectivity index (χ4n) is 1.79. The molecular formula is C16H13BrN2O. The Hall–Kier alpha value is -2.12. The largest absolute Gasteiger partial charge is 0.321 e. The fraction of sp³-hybridized carbons (Fsp3) is 0.125. The Bertz CT molecular complexity index is 717. The first-order valence-electron chi connectivity index (χ1n) is 6.09. The molecule has 20 heavy (non-hydrogen) atoms. The van der Waals surface area contributed by atoms with Crippen molar-refractivity contribution < 1.29 is 4.79 Å². The molecule has 0 heterocycles. The van der Waals surface area contributed by atoms with Crippen molar-refractivity contribution in [1.29, 1.82) is 5.26 Å². The van der Waals surface area contributed by atoms with Gasteiger partial charge in [-0.3, -0.25) is 4.79 Å². The van der Waals surface area contributed by atoms with Crippen molar-refractivity contribution in [3.05, 3.63) is 63.1 Å². The zero-order chi connectivity index (χ0) is 14.7. The van der Waals surface area contributed by atoms with E-state index in [-0.39, 0.29) is 5.91 Å². The van der Waals surface area contributed by atoms with Gasteiger partial charge in [-0.25, -0.2) is 0 Å². The predicted octanol–water partition coefficient (Wildman–Crippen LogP) is 4.19. The Morgan fingerprint density at radius 1 is 1.15 bits per heavy atom. The molecule has 0 spiro atoms. The molecule has 0 saturated carbocycles. The highest BCUT2D eigenvalue weighted by atomic mass is 79.9. The molecule has 0 aliphatic heterocycles. The molecule has 0 unspecified atom stereocenters. The summed E-state index contributed by atoms with van der Waals surface area (Å²) in [6.07, 6.45) is 0. The Morgan fingerprint density at radius 2 is 1.90 bits per heavy atom. The summed E-state index contributed by atoms with van der Waals surface area (Å²) >= 11 is 3.33. The van der Waals surface area contributed by atoms with Gasteiger partial charge in [-0.05, 0) is 55.3 Å². The van der Waals surface area contributed by atoms with Gasteiger partial charge in [0.2, 0.25) is 0 Å². The average molecular weight is 329 g/mol. The highest BCUT2D eigenvalue weighted by Crippen LogP contribution is 2.21. The third-order valence-electron chi connectivity index (χ3n) is 3.12. The minimum absolute atomic E-state index is 0.220. The molecule has 0 radical (unpaired) electrons. The molecular weight excluding hydrogens is 316 g/mol. The third kappa shape index (κ3) is 3.06. The van der Waals surface area contributed by atoms with Crippen LogP contribution in [-0.4, -0.2) is 5.91 Å². The van der Waals surface area contributed by atoms with Crippen LogP contribution in [0.1, 0.15) is 27.0 Å². The summed E-state index contributed by atoms with van der Waals surface area (Å²) in [7, 11) is 0. The molecule has 0 saturated heterocycles. The van der Waals surface area contributed by atoms with Crippen LogP contribution >= 0.6 is 15.9 Å². The SMILES string of the molecule is Cc1ccc(C(=O)Nc2cc(Br)ccc2C#N)cc1C. The van der Waals surface area contributed by atoms with E-state index < -0.39 is 0 Å². The van der Waals surface area contributed by atoms with Crippen LogP contribution in [-0.2, 0) is 0 Å². The van der Waals surface area contributed by atoms with E-state index >= 15 is 0 Å². The first-order valence-corrected chi connectivity index (χ1v) is 6.89. The van der Waals surface area contributed by atoms with E-state index in [0.29, 0.717) is 16.8 Å². The standard InChI is InChI=1S/C16H13BrN2O/c1-10-3-4-12(7-11(10)2)16(20)19-15-8-14(17)6-5-13(15)9-18/h3-8H,1-2H3,(H,19,20). The lowest BCUT2D eigenvalue weighted by Gasteiger charge is -2.09. The summed E-state index contributed by atoms with van der Waals surface area (Å²) in [5, 5.41) is 11.8. The number of nitrogens with zero attached hydrogens (tertiary/aromatic N) is 1. The molecule has 4 heteroatoms. The molecule has 0 aromatic heterocycles. The number of hydrogen-bond acceptors (Lipinski definition) is 2. The van der Waals surface area contributed by atoms with Gasteiger partial charge in [-0.2, -0.15) is 5.26 Å². The summed E-state index contributed by atoms with van der Waals surface area (Å²) in [6.45, 7) is 3.96. The molecule has 2 rings (SSSR count). The van der Waals surface area contributed by atoms with Crippen LogP contribution in [0.3, 0.4) is 0 Å². The lowest BCUT2D eigenvalue weighted by molar-refractivity contribution is 0.102. The Kier molecular flexibility index (Phi) is 4.21. The molecule has 2 aromatic rings.